The highest BCUT2D eigenvalue weighted by Gasteiger charge is 2.28. The lowest BCUT2D eigenvalue weighted by atomic mass is 10.2. The van der Waals surface area contributed by atoms with Gasteiger partial charge in [0, 0.05) is 17.6 Å². The van der Waals surface area contributed by atoms with Gasteiger partial charge in [-0.25, -0.2) is 9.98 Å². The Labute approximate surface area is 183 Å². The van der Waals surface area contributed by atoms with Crippen LogP contribution in [0, 0.1) is 0 Å². The number of rotatable bonds is 8. The molecule has 0 fully saturated rings. The monoisotopic (exact) mass is 528 g/mol. The molecule has 1 aromatic carbocycles. The number of aromatic nitrogens is 1. The van der Waals surface area contributed by atoms with Crippen LogP contribution >= 0.6 is 35.3 Å². The number of nitrogens with one attached hydrogen (secondary N) is 2. The van der Waals surface area contributed by atoms with Crippen molar-refractivity contribution in [1.29, 1.82) is 0 Å². The topological polar surface area (TPSA) is 58.5 Å². The fourth-order valence-corrected chi connectivity index (χ4v) is 2.97. The zero-order valence-corrected chi connectivity index (χ0v) is 18.8. The summed E-state index contributed by atoms with van der Waals surface area (Å²) < 4.78 is 41.6. The molecule has 0 amide bonds. The van der Waals surface area contributed by atoms with Gasteiger partial charge in [0.05, 0.1) is 13.1 Å². The summed E-state index contributed by atoms with van der Waals surface area (Å²) in [4.78, 5) is 10.0. The van der Waals surface area contributed by atoms with Gasteiger partial charge < -0.3 is 15.4 Å². The Morgan fingerprint density at radius 1 is 1.25 bits per heavy atom. The van der Waals surface area contributed by atoms with Crippen LogP contribution < -0.4 is 15.4 Å². The van der Waals surface area contributed by atoms with Gasteiger partial charge in [-0.2, -0.15) is 13.2 Å². The summed E-state index contributed by atoms with van der Waals surface area (Å²) in [6, 6.07) is 6.50. The lowest BCUT2D eigenvalue weighted by Crippen LogP contribution is -2.36. The zero-order valence-electron chi connectivity index (χ0n) is 15.7. The first kappa shape index (κ1) is 24.5. The van der Waals surface area contributed by atoms with Crippen molar-refractivity contribution >= 4 is 41.3 Å². The molecule has 0 aliphatic rings. The molecule has 0 radical (unpaired) electrons. The van der Waals surface area contributed by atoms with Crippen molar-refractivity contribution in [3.8, 4) is 5.75 Å². The number of ether oxygens (including phenoxy) is 1. The average molecular weight is 528 g/mol. The lowest BCUT2D eigenvalue weighted by Gasteiger charge is -2.11. The Kier molecular flexibility index (Phi) is 10.6. The second-order valence-electron chi connectivity index (χ2n) is 5.67. The maximum absolute atomic E-state index is 12.3. The van der Waals surface area contributed by atoms with Gasteiger partial charge in [0.1, 0.15) is 10.8 Å². The van der Waals surface area contributed by atoms with Gasteiger partial charge in [0.25, 0.3) is 0 Å². The third kappa shape index (κ3) is 9.09. The fraction of sp³-hybridized carbons (Fsp3) is 0.444. The van der Waals surface area contributed by atoms with Crippen LogP contribution in [-0.2, 0) is 19.5 Å². The van der Waals surface area contributed by atoms with Gasteiger partial charge in [-0.05, 0) is 31.0 Å². The molecule has 1 aromatic heterocycles. The minimum atomic E-state index is -4.36. The molecule has 2 rings (SSSR count). The van der Waals surface area contributed by atoms with Crippen molar-refractivity contribution in [2.24, 2.45) is 4.99 Å². The molecule has 5 nitrogen and oxygen atoms in total. The third-order valence-corrected chi connectivity index (χ3v) is 4.56. The van der Waals surface area contributed by atoms with E-state index in [1.165, 1.54) is 10.9 Å². The first-order chi connectivity index (χ1) is 12.9. The van der Waals surface area contributed by atoms with Crippen LogP contribution in [0.25, 0.3) is 0 Å². The van der Waals surface area contributed by atoms with E-state index in [4.69, 9.17) is 4.74 Å². The molecule has 28 heavy (non-hydrogen) atoms. The minimum Gasteiger partial charge on any atom is -0.484 e. The molecule has 0 aliphatic heterocycles. The van der Waals surface area contributed by atoms with E-state index in [0.717, 1.165) is 17.0 Å². The predicted molar refractivity (Wildman–Crippen MR) is 117 cm³/mol. The van der Waals surface area contributed by atoms with E-state index in [-0.39, 0.29) is 29.7 Å². The molecule has 10 heteroatoms. The van der Waals surface area contributed by atoms with Crippen molar-refractivity contribution in [2.75, 3.05) is 13.2 Å². The number of aliphatic imine (C=N–C) groups is 1. The fourth-order valence-electron chi connectivity index (χ4n) is 2.16. The normalized spacial score (nSPS) is 11.7. The van der Waals surface area contributed by atoms with Gasteiger partial charge in [-0.1, -0.05) is 19.1 Å². The van der Waals surface area contributed by atoms with Crippen LogP contribution in [-0.4, -0.2) is 30.3 Å². The smallest absolute Gasteiger partial charge is 0.422 e. The number of guanidine groups is 1. The van der Waals surface area contributed by atoms with Crippen molar-refractivity contribution in [3.05, 3.63) is 45.9 Å². The van der Waals surface area contributed by atoms with Gasteiger partial charge in [0.2, 0.25) is 0 Å². The van der Waals surface area contributed by atoms with Crippen LogP contribution in [0.5, 0.6) is 5.75 Å². The Balaban J connectivity index is 0.00000392. The van der Waals surface area contributed by atoms with Gasteiger partial charge in [-0.3, -0.25) is 0 Å². The largest absolute Gasteiger partial charge is 0.484 e. The summed E-state index contributed by atoms with van der Waals surface area (Å²) in [7, 11) is 0. The molecule has 0 bridgehead atoms. The highest BCUT2D eigenvalue weighted by atomic mass is 127. The number of halogens is 4. The molecule has 0 spiro atoms. The first-order valence-corrected chi connectivity index (χ1v) is 9.45. The Hall–Kier alpha value is -1.56. The van der Waals surface area contributed by atoms with E-state index in [0.29, 0.717) is 25.6 Å². The minimum absolute atomic E-state index is 0. The number of hydrogen-bond acceptors (Lipinski definition) is 4. The van der Waals surface area contributed by atoms with Crippen LogP contribution in [0.15, 0.2) is 35.5 Å². The van der Waals surface area contributed by atoms with Crippen molar-refractivity contribution in [3.63, 3.8) is 0 Å². The summed E-state index contributed by atoms with van der Waals surface area (Å²) in [6.07, 6.45) is -1.53. The summed E-state index contributed by atoms with van der Waals surface area (Å²) in [5.41, 5.74) is 0.759. The maximum atomic E-state index is 12.3. The molecular formula is C18H24F3IN4OS. The molecule has 2 N–H and O–H groups in total. The highest BCUT2D eigenvalue weighted by molar-refractivity contribution is 14.0. The Morgan fingerprint density at radius 3 is 2.68 bits per heavy atom. The molecule has 0 atom stereocenters. The van der Waals surface area contributed by atoms with E-state index < -0.39 is 12.8 Å². The van der Waals surface area contributed by atoms with E-state index in [1.807, 2.05) is 13.1 Å². The van der Waals surface area contributed by atoms with Gasteiger partial charge >= 0.3 is 6.18 Å². The number of aryl methyl sites for hydroxylation is 1. The van der Waals surface area contributed by atoms with Gasteiger partial charge in [0.15, 0.2) is 12.6 Å². The first-order valence-electron chi connectivity index (χ1n) is 8.64. The molecule has 0 unspecified atom stereocenters. The highest BCUT2D eigenvalue weighted by Crippen LogP contribution is 2.19. The summed E-state index contributed by atoms with van der Waals surface area (Å²) >= 11 is 1.65. The molecule has 2 aromatic rings. The molecule has 0 saturated heterocycles. The van der Waals surface area contributed by atoms with Crippen molar-refractivity contribution in [1.82, 2.24) is 15.6 Å². The Morgan fingerprint density at radius 2 is 2.04 bits per heavy atom. The maximum Gasteiger partial charge on any atom is 0.422 e. The quantitative estimate of drug-likeness (QED) is 0.301. The zero-order chi connectivity index (χ0) is 19.7. The number of nitrogens with zero attached hydrogens (tertiary/aromatic N) is 2. The van der Waals surface area contributed by atoms with E-state index in [1.54, 1.807) is 29.5 Å². The average Bonchev–Trinajstić information content (AvgIpc) is 3.10. The number of alkyl halides is 3. The molecule has 1 heterocycles. The molecular weight excluding hydrogens is 504 g/mol. The van der Waals surface area contributed by atoms with Crippen molar-refractivity contribution < 1.29 is 17.9 Å². The summed E-state index contributed by atoms with van der Waals surface area (Å²) in [5.74, 6) is 0.792. The Bertz CT molecular complexity index is 752. The van der Waals surface area contributed by atoms with Crippen LogP contribution in [0.2, 0.25) is 0 Å². The van der Waals surface area contributed by atoms with E-state index >= 15 is 0 Å². The number of thiazole rings is 1. The second kappa shape index (κ2) is 12.1. The van der Waals surface area contributed by atoms with Crippen LogP contribution in [0.4, 0.5) is 13.2 Å². The number of hydrogen-bond donors (Lipinski definition) is 2. The summed E-state index contributed by atoms with van der Waals surface area (Å²) in [5, 5.41) is 7.32. The third-order valence-electron chi connectivity index (χ3n) is 3.42. The predicted octanol–water partition coefficient (Wildman–Crippen LogP) is 4.52. The SMILES string of the molecule is CCNC(=NCc1cccc(OCC(F)(F)F)c1)NCc1ncc(CC)s1.I. The van der Waals surface area contributed by atoms with Crippen LogP contribution in [0.3, 0.4) is 0 Å². The van der Waals surface area contributed by atoms with Crippen LogP contribution in [0.1, 0.15) is 29.3 Å². The van der Waals surface area contributed by atoms with Gasteiger partial charge in [-0.15, -0.1) is 35.3 Å². The molecule has 0 aliphatic carbocycles. The van der Waals surface area contributed by atoms with E-state index in [9.17, 15) is 13.2 Å². The second-order valence-corrected chi connectivity index (χ2v) is 6.87. The molecule has 0 saturated carbocycles. The standard InChI is InChI=1S/C18H23F3N4OS.HI/c1-3-15-10-23-16(27-15)11-25-17(22-4-2)24-9-13-6-5-7-14(8-13)26-12-18(19,20)21;/h5-8,10H,3-4,9,11-12H2,1-2H3,(H2,22,24,25);1H. The number of benzene rings is 1. The summed E-state index contributed by atoms with van der Waals surface area (Å²) in [6.45, 7) is 4.31. The van der Waals surface area contributed by atoms with E-state index in [2.05, 4.69) is 27.5 Å². The molecule has 156 valence electrons. The van der Waals surface area contributed by atoms with Crippen molar-refractivity contribution in [2.45, 2.75) is 39.5 Å². The lowest BCUT2D eigenvalue weighted by molar-refractivity contribution is -0.153.